The van der Waals surface area contributed by atoms with E-state index in [1.54, 1.807) is 0 Å². The zero-order valence-electron chi connectivity index (χ0n) is 12.6. The summed E-state index contributed by atoms with van der Waals surface area (Å²) >= 11 is 0. The molecule has 0 heterocycles. The van der Waals surface area contributed by atoms with Crippen LogP contribution in [0.1, 0.15) is 29.2 Å². The number of hydrogen-bond donors (Lipinski definition) is 1. The zero-order valence-corrected chi connectivity index (χ0v) is 12.6. The van der Waals surface area contributed by atoms with Gasteiger partial charge in [-0.3, -0.25) is 0 Å². The lowest BCUT2D eigenvalue weighted by Gasteiger charge is -2.13. The highest BCUT2D eigenvalue weighted by atomic mass is 16.5. The minimum atomic E-state index is 0.617. The minimum Gasteiger partial charge on any atom is -0.489 e. The molecule has 2 nitrogen and oxygen atoms in total. The number of nitrogens with one attached hydrogen (secondary N) is 1. The second-order valence-corrected chi connectivity index (χ2v) is 5.11. The average Bonchev–Trinajstić information content (AvgIpc) is 2.47. The van der Waals surface area contributed by atoms with Crippen molar-refractivity contribution in [2.75, 3.05) is 6.54 Å². The molecule has 20 heavy (non-hydrogen) atoms. The van der Waals surface area contributed by atoms with Gasteiger partial charge in [0.15, 0.2) is 0 Å². The average molecular weight is 269 g/mol. The fraction of sp³-hybridized carbons (Fsp3) is 0.333. The molecule has 0 radical (unpaired) electrons. The van der Waals surface area contributed by atoms with E-state index in [1.807, 2.05) is 0 Å². The predicted molar refractivity (Wildman–Crippen MR) is 84.1 cm³/mol. The van der Waals surface area contributed by atoms with Crippen molar-refractivity contribution in [1.82, 2.24) is 5.32 Å². The summed E-state index contributed by atoms with van der Waals surface area (Å²) in [4.78, 5) is 0. The van der Waals surface area contributed by atoms with Crippen LogP contribution in [0.15, 0.2) is 42.5 Å². The highest BCUT2D eigenvalue weighted by Crippen LogP contribution is 2.21. The standard InChI is InChI=1S/C18H23NO/c1-4-19-12-16-7-5-6-8-17(16)13-20-18-11-14(2)9-10-15(18)3/h5-11,19H,4,12-13H2,1-3H3. The summed E-state index contributed by atoms with van der Waals surface area (Å²) in [7, 11) is 0. The van der Waals surface area contributed by atoms with Gasteiger partial charge in [0.05, 0.1) is 0 Å². The Balaban J connectivity index is 2.08. The van der Waals surface area contributed by atoms with E-state index >= 15 is 0 Å². The van der Waals surface area contributed by atoms with E-state index in [-0.39, 0.29) is 0 Å². The highest BCUT2D eigenvalue weighted by Gasteiger charge is 2.04. The Morgan fingerprint density at radius 1 is 1.00 bits per heavy atom. The van der Waals surface area contributed by atoms with Gasteiger partial charge in [-0.15, -0.1) is 0 Å². The molecule has 0 spiro atoms. The van der Waals surface area contributed by atoms with E-state index in [4.69, 9.17) is 4.74 Å². The third kappa shape index (κ3) is 3.84. The summed E-state index contributed by atoms with van der Waals surface area (Å²) in [6.45, 7) is 8.78. The molecule has 1 N–H and O–H groups in total. The maximum Gasteiger partial charge on any atom is 0.122 e. The first-order valence-corrected chi connectivity index (χ1v) is 7.18. The van der Waals surface area contributed by atoms with Crippen LogP contribution < -0.4 is 10.1 Å². The molecule has 0 bridgehead atoms. The topological polar surface area (TPSA) is 21.3 Å². The lowest BCUT2D eigenvalue weighted by molar-refractivity contribution is 0.302. The van der Waals surface area contributed by atoms with Crippen molar-refractivity contribution in [3.63, 3.8) is 0 Å². The van der Waals surface area contributed by atoms with Crippen molar-refractivity contribution >= 4 is 0 Å². The van der Waals surface area contributed by atoms with Crippen LogP contribution in [0.25, 0.3) is 0 Å². The third-order valence-electron chi connectivity index (χ3n) is 3.41. The molecule has 2 rings (SSSR count). The Morgan fingerprint density at radius 3 is 2.50 bits per heavy atom. The summed E-state index contributed by atoms with van der Waals surface area (Å²) < 4.78 is 6.00. The summed E-state index contributed by atoms with van der Waals surface area (Å²) in [6.07, 6.45) is 0. The fourth-order valence-electron chi connectivity index (χ4n) is 2.15. The molecule has 0 saturated heterocycles. The van der Waals surface area contributed by atoms with Gasteiger partial charge in [-0.05, 0) is 48.7 Å². The molecule has 0 unspecified atom stereocenters. The molecule has 0 amide bonds. The van der Waals surface area contributed by atoms with Crippen LogP contribution in [0, 0.1) is 13.8 Å². The molecule has 0 aliphatic carbocycles. The van der Waals surface area contributed by atoms with E-state index in [0.29, 0.717) is 6.61 Å². The van der Waals surface area contributed by atoms with E-state index in [9.17, 15) is 0 Å². The normalized spacial score (nSPS) is 10.6. The second kappa shape index (κ2) is 7.11. The summed E-state index contributed by atoms with van der Waals surface area (Å²) in [5.74, 6) is 0.975. The number of ether oxygens (including phenoxy) is 1. The third-order valence-corrected chi connectivity index (χ3v) is 3.41. The zero-order chi connectivity index (χ0) is 14.4. The van der Waals surface area contributed by atoms with Gasteiger partial charge in [0.25, 0.3) is 0 Å². The Labute approximate surface area is 121 Å². The number of aryl methyl sites for hydroxylation is 2. The fourth-order valence-corrected chi connectivity index (χ4v) is 2.15. The maximum atomic E-state index is 6.00. The van der Waals surface area contributed by atoms with Gasteiger partial charge < -0.3 is 10.1 Å². The largest absolute Gasteiger partial charge is 0.489 e. The summed E-state index contributed by atoms with van der Waals surface area (Å²) in [5.41, 5.74) is 4.96. The van der Waals surface area contributed by atoms with Crippen LogP contribution in [-0.4, -0.2) is 6.54 Å². The maximum absolute atomic E-state index is 6.00. The monoisotopic (exact) mass is 269 g/mol. The van der Waals surface area contributed by atoms with Gasteiger partial charge in [-0.25, -0.2) is 0 Å². The van der Waals surface area contributed by atoms with Crippen molar-refractivity contribution in [2.24, 2.45) is 0 Å². The van der Waals surface area contributed by atoms with E-state index < -0.39 is 0 Å². The Kier molecular flexibility index (Phi) is 5.19. The van der Waals surface area contributed by atoms with Crippen molar-refractivity contribution in [3.8, 4) is 5.75 Å². The second-order valence-electron chi connectivity index (χ2n) is 5.11. The van der Waals surface area contributed by atoms with E-state index in [0.717, 1.165) is 18.8 Å². The van der Waals surface area contributed by atoms with Gasteiger partial charge >= 0.3 is 0 Å². The molecule has 0 fully saturated rings. The highest BCUT2D eigenvalue weighted by molar-refractivity contribution is 5.36. The van der Waals surface area contributed by atoms with Gasteiger partial charge in [-0.1, -0.05) is 43.3 Å². The van der Waals surface area contributed by atoms with Crippen LogP contribution in [0.2, 0.25) is 0 Å². The van der Waals surface area contributed by atoms with Crippen LogP contribution >= 0.6 is 0 Å². The Hall–Kier alpha value is -1.80. The van der Waals surface area contributed by atoms with Gasteiger partial charge in [0, 0.05) is 6.54 Å². The predicted octanol–water partition coefficient (Wildman–Crippen LogP) is 3.99. The number of rotatable bonds is 6. The van der Waals surface area contributed by atoms with Crippen molar-refractivity contribution in [2.45, 2.75) is 33.9 Å². The van der Waals surface area contributed by atoms with Gasteiger partial charge in [-0.2, -0.15) is 0 Å². The Morgan fingerprint density at radius 2 is 1.75 bits per heavy atom. The first-order valence-electron chi connectivity index (χ1n) is 7.18. The summed E-state index contributed by atoms with van der Waals surface area (Å²) in [6, 6.07) is 14.8. The smallest absolute Gasteiger partial charge is 0.122 e. The number of benzene rings is 2. The Bertz CT molecular complexity index is 563. The molecule has 2 heteroatoms. The molecule has 0 atom stereocenters. The van der Waals surface area contributed by atoms with E-state index in [1.165, 1.54) is 22.3 Å². The van der Waals surface area contributed by atoms with Crippen molar-refractivity contribution in [1.29, 1.82) is 0 Å². The molecule has 2 aromatic rings. The SMILES string of the molecule is CCNCc1ccccc1COc1cc(C)ccc1C. The lowest BCUT2D eigenvalue weighted by atomic mass is 10.1. The van der Waals surface area contributed by atoms with Crippen molar-refractivity contribution in [3.05, 3.63) is 64.7 Å². The van der Waals surface area contributed by atoms with Crippen molar-refractivity contribution < 1.29 is 4.74 Å². The minimum absolute atomic E-state index is 0.617. The quantitative estimate of drug-likeness (QED) is 0.856. The van der Waals surface area contributed by atoms with Crippen LogP contribution in [0.3, 0.4) is 0 Å². The van der Waals surface area contributed by atoms with Crippen LogP contribution in [0.5, 0.6) is 5.75 Å². The summed E-state index contributed by atoms with van der Waals surface area (Å²) in [5, 5.41) is 3.37. The number of hydrogen-bond acceptors (Lipinski definition) is 2. The molecule has 0 saturated carbocycles. The first-order chi connectivity index (χ1) is 9.70. The first kappa shape index (κ1) is 14.6. The molecular formula is C18H23NO. The van der Waals surface area contributed by atoms with Gasteiger partial charge in [0.2, 0.25) is 0 Å². The van der Waals surface area contributed by atoms with Gasteiger partial charge in [0.1, 0.15) is 12.4 Å². The molecule has 0 aromatic heterocycles. The molecule has 2 aromatic carbocycles. The van der Waals surface area contributed by atoms with Crippen LogP contribution in [0.4, 0.5) is 0 Å². The molecule has 0 aliphatic heterocycles. The van der Waals surface area contributed by atoms with Crippen LogP contribution in [-0.2, 0) is 13.2 Å². The molecule has 106 valence electrons. The van der Waals surface area contributed by atoms with E-state index in [2.05, 4.69) is 68.6 Å². The lowest BCUT2D eigenvalue weighted by Crippen LogP contribution is -2.14. The molecular weight excluding hydrogens is 246 g/mol. The molecule has 0 aliphatic rings.